The number of carbonyl (C=O) groups is 2. The lowest BCUT2D eigenvalue weighted by Gasteiger charge is -2.29. The molecule has 2 heterocycles. The van der Waals surface area contributed by atoms with Gasteiger partial charge in [-0.05, 0) is 89.3 Å². The van der Waals surface area contributed by atoms with E-state index in [1.165, 1.54) is 18.3 Å². The molecule has 0 radical (unpaired) electrons. The van der Waals surface area contributed by atoms with Crippen LogP contribution in [0.1, 0.15) is 57.7 Å². The third-order valence-electron chi connectivity index (χ3n) is 6.48. The standard InChI is InChI=1S/C26H33FN4O4/c1-14-12-19(15(2)31(34)13-14)18-10-11-20(28-23(18)27)29-24(32)22(30-25(33)35-26(3,4)5)21(16-6-7-16)17-8-9-17/h10-13,16-17,21-22H,6-9H2,1-5H3,(H,30,33)(H,28,29,32)/t22-/m0/s1. The number of ether oxygens (including phenoxy) is 1. The fourth-order valence-electron chi connectivity index (χ4n) is 4.61. The molecule has 2 fully saturated rings. The van der Waals surface area contributed by atoms with E-state index in [9.17, 15) is 19.2 Å². The number of aromatic nitrogens is 2. The van der Waals surface area contributed by atoms with Gasteiger partial charge in [0.05, 0.1) is 5.56 Å². The number of nitrogens with one attached hydrogen (secondary N) is 2. The minimum Gasteiger partial charge on any atom is -0.618 e. The second-order valence-electron chi connectivity index (χ2n) is 10.7. The summed E-state index contributed by atoms with van der Waals surface area (Å²) in [6, 6.07) is 3.92. The van der Waals surface area contributed by atoms with Crippen LogP contribution in [-0.2, 0) is 9.53 Å². The van der Waals surface area contributed by atoms with Crippen LogP contribution in [-0.4, -0.2) is 28.6 Å². The summed E-state index contributed by atoms with van der Waals surface area (Å²) in [6.45, 7) is 8.66. The largest absolute Gasteiger partial charge is 0.618 e. The van der Waals surface area contributed by atoms with E-state index in [-0.39, 0.29) is 17.3 Å². The Morgan fingerprint density at radius 1 is 1.14 bits per heavy atom. The molecule has 0 spiro atoms. The zero-order valence-corrected chi connectivity index (χ0v) is 20.9. The van der Waals surface area contributed by atoms with E-state index < -0.39 is 29.6 Å². The Bertz CT molecular complexity index is 1130. The maximum Gasteiger partial charge on any atom is 0.408 e. The van der Waals surface area contributed by atoms with Crippen LogP contribution in [0.25, 0.3) is 11.1 Å². The summed E-state index contributed by atoms with van der Waals surface area (Å²) in [5, 5.41) is 17.5. The number of anilines is 1. The van der Waals surface area contributed by atoms with Gasteiger partial charge in [-0.1, -0.05) is 0 Å². The summed E-state index contributed by atoms with van der Waals surface area (Å²) in [6.07, 6.45) is 4.87. The molecule has 2 saturated carbocycles. The maximum absolute atomic E-state index is 15.0. The topological polar surface area (TPSA) is 107 Å². The predicted octanol–water partition coefficient (Wildman–Crippen LogP) is 4.41. The summed E-state index contributed by atoms with van der Waals surface area (Å²) in [5.41, 5.74) is 0.961. The van der Waals surface area contributed by atoms with Crippen LogP contribution < -0.4 is 15.4 Å². The molecule has 35 heavy (non-hydrogen) atoms. The average Bonchev–Trinajstić information content (AvgIpc) is 3.64. The van der Waals surface area contributed by atoms with Crippen molar-refractivity contribution < 1.29 is 23.4 Å². The van der Waals surface area contributed by atoms with Crippen molar-refractivity contribution in [3.8, 4) is 11.1 Å². The minimum atomic E-state index is -0.798. The van der Waals surface area contributed by atoms with E-state index in [0.717, 1.165) is 25.7 Å². The molecule has 0 aromatic carbocycles. The van der Waals surface area contributed by atoms with Gasteiger partial charge < -0.3 is 20.6 Å². The Morgan fingerprint density at radius 3 is 2.31 bits per heavy atom. The highest BCUT2D eigenvalue weighted by atomic mass is 19.1. The van der Waals surface area contributed by atoms with Crippen LogP contribution in [0.4, 0.5) is 15.0 Å². The van der Waals surface area contributed by atoms with Gasteiger partial charge in [0.1, 0.15) is 17.5 Å². The van der Waals surface area contributed by atoms with E-state index in [1.54, 1.807) is 40.7 Å². The smallest absolute Gasteiger partial charge is 0.408 e. The summed E-state index contributed by atoms with van der Waals surface area (Å²) >= 11 is 0. The van der Waals surface area contributed by atoms with E-state index in [0.29, 0.717) is 33.4 Å². The first-order valence-corrected chi connectivity index (χ1v) is 12.1. The molecule has 4 rings (SSSR count). The molecule has 2 aliphatic rings. The first-order valence-electron chi connectivity index (χ1n) is 12.1. The molecule has 0 saturated heterocycles. The first kappa shape index (κ1) is 24.9. The maximum atomic E-state index is 15.0. The lowest BCUT2D eigenvalue weighted by atomic mass is 9.89. The van der Waals surface area contributed by atoms with Crippen molar-refractivity contribution in [1.29, 1.82) is 0 Å². The monoisotopic (exact) mass is 484 g/mol. The number of rotatable bonds is 7. The Labute approximate surface area is 204 Å². The van der Waals surface area contributed by atoms with Crippen molar-refractivity contribution in [2.75, 3.05) is 5.32 Å². The van der Waals surface area contributed by atoms with Gasteiger partial charge in [0.25, 0.3) is 0 Å². The highest BCUT2D eigenvalue weighted by Crippen LogP contribution is 2.51. The summed E-state index contributed by atoms with van der Waals surface area (Å²) in [5.74, 6) is -0.434. The number of pyridine rings is 2. The van der Waals surface area contributed by atoms with E-state index in [1.807, 2.05) is 0 Å². The van der Waals surface area contributed by atoms with Gasteiger partial charge in [-0.3, -0.25) is 4.79 Å². The fraction of sp³-hybridized carbons (Fsp3) is 0.538. The number of hydrogen-bond donors (Lipinski definition) is 2. The summed E-state index contributed by atoms with van der Waals surface area (Å²) < 4.78 is 21.1. The van der Waals surface area contributed by atoms with Crippen molar-refractivity contribution >= 4 is 17.8 Å². The molecule has 8 nitrogen and oxygen atoms in total. The van der Waals surface area contributed by atoms with Crippen LogP contribution >= 0.6 is 0 Å². The summed E-state index contributed by atoms with van der Waals surface area (Å²) in [7, 11) is 0. The predicted molar refractivity (Wildman–Crippen MR) is 129 cm³/mol. The highest BCUT2D eigenvalue weighted by molar-refractivity contribution is 5.96. The van der Waals surface area contributed by atoms with E-state index in [2.05, 4.69) is 15.6 Å². The third kappa shape index (κ3) is 6.07. The van der Waals surface area contributed by atoms with Crippen LogP contribution in [0.3, 0.4) is 0 Å². The SMILES string of the molecule is Cc1cc(-c2ccc(NC(=O)[C@@H](NC(=O)OC(C)(C)C)C(C3CC3)C3CC3)nc2F)c(C)[n+]([O-])c1. The number of aryl methyl sites for hydroxylation is 1. The van der Waals surface area contributed by atoms with Gasteiger partial charge in [-0.25, -0.2) is 9.78 Å². The number of carbonyl (C=O) groups excluding carboxylic acids is 2. The van der Waals surface area contributed by atoms with E-state index in [4.69, 9.17) is 4.74 Å². The molecule has 188 valence electrons. The van der Waals surface area contributed by atoms with Crippen molar-refractivity contribution in [3.63, 3.8) is 0 Å². The number of halogens is 1. The molecule has 2 aromatic heterocycles. The van der Waals surface area contributed by atoms with Crippen molar-refractivity contribution in [2.45, 2.75) is 71.9 Å². The van der Waals surface area contributed by atoms with Crippen LogP contribution in [0.2, 0.25) is 0 Å². The Hall–Kier alpha value is -3.23. The molecule has 2 aliphatic carbocycles. The van der Waals surface area contributed by atoms with Crippen LogP contribution in [0, 0.1) is 42.8 Å². The molecule has 9 heteroatoms. The Kier molecular flexibility index (Phi) is 6.71. The van der Waals surface area contributed by atoms with Crippen LogP contribution in [0.5, 0.6) is 0 Å². The number of amides is 2. The number of nitrogens with zero attached hydrogens (tertiary/aromatic N) is 2. The summed E-state index contributed by atoms with van der Waals surface area (Å²) in [4.78, 5) is 29.8. The quantitative estimate of drug-likeness (QED) is 0.344. The molecule has 0 aliphatic heterocycles. The zero-order valence-electron chi connectivity index (χ0n) is 20.9. The molecule has 1 atom stereocenters. The third-order valence-corrected chi connectivity index (χ3v) is 6.48. The molecule has 2 N–H and O–H groups in total. The van der Waals surface area contributed by atoms with Gasteiger partial charge in [0.15, 0.2) is 11.9 Å². The normalized spacial score (nSPS) is 16.7. The molecule has 2 amide bonds. The average molecular weight is 485 g/mol. The van der Waals surface area contributed by atoms with Crippen molar-refractivity contribution in [2.24, 2.45) is 17.8 Å². The van der Waals surface area contributed by atoms with Gasteiger partial charge in [0.2, 0.25) is 11.9 Å². The second-order valence-corrected chi connectivity index (χ2v) is 10.7. The fourth-order valence-corrected chi connectivity index (χ4v) is 4.61. The number of alkyl carbamates (subject to hydrolysis) is 1. The highest BCUT2D eigenvalue weighted by Gasteiger charge is 2.48. The molecule has 0 bridgehead atoms. The Balaban J connectivity index is 1.55. The second kappa shape index (κ2) is 9.43. The van der Waals surface area contributed by atoms with Gasteiger partial charge in [0, 0.05) is 18.1 Å². The Morgan fingerprint density at radius 2 is 1.77 bits per heavy atom. The molecule has 2 aromatic rings. The lowest BCUT2D eigenvalue weighted by Crippen LogP contribution is -2.51. The molecular weight excluding hydrogens is 451 g/mol. The molecular formula is C26H33FN4O4. The zero-order chi connectivity index (χ0) is 25.5. The first-order chi connectivity index (χ1) is 16.4. The van der Waals surface area contributed by atoms with Gasteiger partial charge in [-0.15, -0.1) is 0 Å². The number of hydrogen-bond acceptors (Lipinski definition) is 5. The minimum absolute atomic E-state index is 0.00841. The van der Waals surface area contributed by atoms with Gasteiger partial charge in [-0.2, -0.15) is 9.12 Å². The van der Waals surface area contributed by atoms with Gasteiger partial charge >= 0.3 is 6.09 Å². The van der Waals surface area contributed by atoms with Crippen LogP contribution in [0.15, 0.2) is 24.4 Å². The van der Waals surface area contributed by atoms with Crippen molar-refractivity contribution in [1.82, 2.24) is 10.3 Å². The lowest BCUT2D eigenvalue weighted by molar-refractivity contribution is -0.612. The molecule has 0 unspecified atom stereocenters. The van der Waals surface area contributed by atoms with Crippen molar-refractivity contribution in [3.05, 3.63) is 46.8 Å². The van der Waals surface area contributed by atoms with E-state index >= 15 is 0 Å².